The van der Waals surface area contributed by atoms with Crippen LogP contribution < -0.4 is 9.88 Å². The van der Waals surface area contributed by atoms with Gasteiger partial charge in [-0.05, 0) is 18.2 Å². The minimum Gasteiger partial charge on any atom is -0.492 e. The highest BCUT2D eigenvalue weighted by molar-refractivity contribution is 7.89. The minimum absolute atomic E-state index is 0.367. The molecule has 0 aliphatic heterocycles. The highest BCUT2D eigenvalue weighted by Gasteiger charge is 2.27. The number of carboxylic acid groups (broad SMARTS) is 1. The second-order valence-corrected chi connectivity index (χ2v) is 5.28. The van der Waals surface area contributed by atoms with Gasteiger partial charge in [-0.25, -0.2) is 18.4 Å². The van der Waals surface area contributed by atoms with E-state index in [9.17, 15) is 26.4 Å². The van der Waals surface area contributed by atoms with E-state index in [0.29, 0.717) is 0 Å². The predicted octanol–water partition coefficient (Wildman–Crippen LogP) is 1.36. The van der Waals surface area contributed by atoms with Crippen LogP contribution in [0.3, 0.4) is 0 Å². The van der Waals surface area contributed by atoms with E-state index in [0.717, 1.165) is 18.2 Å². The first-order chi connectivity index (χ1) is 9.00. The zero-order valence-corrected chi connectivity index (χ0v) is 10.7. The van der Waals surface area contributed by atoms with Crippen molar-refractivity contribution in [3.05, 3.63) is 23.8 Å². The summed E-state index contributed by atoms with van der Waals surface area (Å²) >= 11 is 0. The third-order valence-electron chi connectivity index (χ3n) is 2.15. The van der Waals surface area contributed by atoms with Crippen molar-refractivity contribution in [2.75, 3.05) is 6.61 Å². The molecule has 0 amide bonds. The molecule has 0 aromatic heterocycles. The standard InChI is InChI=1S/C10H10F3NO5S/c11-10(12,13)3-4-19-8-2-1-6(20(14,17)18)5-7(8)9(15)16/h1-2,5H,3-4H2,(H,15,16)(H2,14,17,18). The molecule has 1 aromatic rings. The van der Waals surface area contributed by atoms with E-state index >= 15 is 0 Å². The number of aromatic carboxylic acids is 1. The van der Waals surface area contributed by atoms with Gasteiger partial charge in [0.25, 0.3) is 0 Å². The molecule has 0 spiro atoms. The highest BCUT2D eigenvalue weighted by Crippen LogP contribution is 2.24. The Labute approximate surface area is 112 Å². The summed E-state index contributed by atoms with van der Waals surface area (Å²) in [6, 6.07) is 2.62. The van der Waals surface area contributed by atoms with E-state index in [1.54, 1.807) is 0 Å². The number of primary sulfonamides is 1. The fraction of sp³-hybridized carbons (Fsp3) is 0.300. The molecule has 20 heavy (non-hydrogen) atoms. The van der Waals surface area contributed by atoms with Gasteiger partial charge in [-0.15, -0.1) is 0 Å². The maximum atomic E-state index is 11.9. The Morgan fingerprint density at radius 2 is 1.95 bits per heavy atom. The number of nitrogens with two attached hydrogens (primary N) is 1. The molecule has 0 fully saturated rings. The lowest BCUT2D eigenvalue weighted by molar-refractivity contribution is -0.139. The van der Waals surface area contributed by atoms with Crippen LogP contribution in [0.5, 0.6) is 5.75 Å². The quantitative estimate of drug-likeness (QED) is 0.853. The fourth-order valence-corrected chi connectivity index (χ4v) is 1.80. The van der Waals surface area contributed by atoms with Crippen LogP contribution >= 0.6 is 0 Å². The fourth-order valence-electron chi connectivity index (χ4n) is 1.26. The molecule has 3 N–H and O–H groups in total. The van der Waals surface area contributed by atoms with Crippen LogP contribution in [0.4, 0.5) is 13.2 Å². The number of alkyl halides is 3. The molecule has 112 valence electrons. The number of ether oxygens (including phenoxy) is 1. The van der Waals surface area contributed by atoms with Crippen molar-refractivity contribution < 1.29 is 36.2 Å². The van der Waals surface area contributed by atoms with Crippen LogP contribution in [0.25, 0.3) is 0 Å². The molecular formula is C10H10F3NO5S. The van der Waals surface area contributed by atoms with Crippen LogP contribution in [0.1, 0.15) is 16.8 Å². The van der Waals surface area contributed by atoms with Crippen molar-refractivity contribution in [3.63, 3.8) is 0 Å². The van der Waals surface area contributed by atoms with Gasteiger partial charge < -0.3 is 9.84 Å². The topological polar surface area (TPSA) is 107 Å². The molecule has 0 aliphatic carbocycles. The maximum Gasteiger partial charge on any atom is 0.392 e. The van der Waals surface area contributed by atoms with E-state index in [4.69, 9.17) is 15.0 Å². The summed E-state index contributed by atoms with van der Waals surface area (Å²) in [4.78, 5) is 10.4. The third kappa shape index (κ3) is 4.70. The number of hydrogen-bond acceptors (Lipinski definition) is 4. The van der Waals surface area contributed by atoms with Gasteiger partial charge in [0.1, 0.15) is 11.3 Å². The zero-order valence-electron chi connectivity index (χ0n) is 9.85. The summed E-state index contributed by atoms with van der Waals surface area (Å²) < 4.78 is 62.7. The zero-order chi connectivity index (χ0) is 15.6. The molecule has 10 heteroatoms. The first-order valence-corrected chi connectivity index (χ1v) is 6.65. The molecule has 0 heterocycles. The van der Waals surface area contributed by atoms with E-state index in [2.05, 4.69) is 0 Å². The Bertz CT molecular complexity index is 612. The number of benzene rings is 1. The Morgan fingerprint density at radius 3 is 2.40 bits per heavy atom. The largest absolute Gasteiger partial charge is 0.492 e. The molecule has 0 radical (unpaired) electrons. The monoisotopic (exact) mass is 313 g/mol. The van der Waals surface area contributed by atoms with Crippen molar-refractivity contribution in [2.45, 2.75) is 17.5 Å². The number of carbonyl (C=O) groups is 1. The van der Waals surface area contributed by atoms with E-state index in [1.165, 1.54) is 0 Å². The average Bonchev–Trinajstić information content (AvgIpc) is 2.25. The van der Waals surface area contributed by atoms with Gasteiger partial charge in [-0.2, -0.15) is 13.2 Å². The summed E-state index contributed by atoms with van der Waals surface area (Å²) in [5.74, 6) is -1.91. The highest BCUT2D eigenvalue weighted by atomic mass is 32.2. The average molecular weight is 313 g/mol. The lowest BCUT2D eigenvalue weighted by atomic mass is 10.2. The van der Waals surface area contributed by atoms with Crippen LogP contribution in [0, 0.1) is 0 Å². The number of rotatable bonds is 5. The smallest absolute Gasteiger partial charge is 0.392 e. The number of hydrogen-bond donors (Lipinski definition) is 2. The minimum atomic E-state index is -4.44. The van der Waals surface area contributed by atoms with E-state index in [-0.39, 0.29) is 5.75 Å². The van der Waals surface area contributed by atoms with Crippen molar-refractivity contribution >= 4 is 16.0 Å². The lowest BCUT2D eigenvalue weighted by Crippen LogP contribution is -2.16. The first-order valence-electron chi connectivity index (χ1n) is 5.10. The molecule has 1 aromatic carbocycles. The third-order valence-corrected chi connectivity index (χ3v) is 3.06. The summed E-state index contributed by atoms with van der Waals surface area (Å²) in [5.41, 5.74) is -0.585. The van der Waals surface area contributed by atoms with Gasteiger partial charge in [-0.3, -0.25) is 0 Å². The van der Waals surface area contributed by atoms with E-state index in [1.807, 2.05) is 0 Å². The Kier molecular flexibility index (Phi) is 4.61. The van der Waals surface area contributed by atoms with Gasteiger partial charge >= 0.3 is 12.1 Å². The van der Waals surface area contributed by atoms with Gasteiger partial charge in [0.05, 0.1) is 17.9 Å². The molecule has 0 saturated carbocycles. The summed E-state index contributed by atoms with van der Waals surface area (Å²) in [5, 5.41) is 13.7. The van der Waals surface area contributed by atoms with Crippen molar-refractivity contribution in [1.29, 1.82) is 0 Å². The van der Waals surface area contributed by atoms with Crippen LogP contribution in [-0.4, -0.2) is 32.3 Å². The SMILES string of the molecule is NS(=O)(=O)c1ccc(OCCC(F)(F)F)c(C(=O)O)c1. The number of halogens is 3. The Hall–Kier alpha value is -1.81. The summed E-state index contributed by atoms with van der Waals surface area (Å²) in [6.45, 7) is -0.779. The molecule has 1 rings (SSSR count). The summed E-state index contributed by atoms with van der Waals surface area (Å²) in [7, 11) is -4.12. The lowest BCUT2D eigenvalue weighted by Gasteiger charge is -2.11. The first kappa shape index (κ1) is 16.2. The van der Waals surface area contributed by atoms with Gasteiger partial charge in [0.15, 0.2) is 0 Å². The van der Waals surface area contributed by atoms with Gasteiger partial charge in [-0.1, -0.05) is 0 Å². The summed E-state index contributed by atoms with van der Waals surface area (Å²) in [6.07, 6.45) is -5.70. The van der Waals surface area contributed by atoms with Gasteiger partial charge in [0.2, 0.25) is 10.0 Å². The van der Waals surface area contributed by atoms with Crippen molar-refractivity contribution in [3.8, 4) is 5.75 Å². The van der Waals surface area contributed by atoms with Crippen molar-refractivity contribution in [2.24, 2.45) is 5.14 Å². The molecule has 0 saturated heterocycles. The number of carboxylic acids is 1. The molecule has 0 atom stereocenters. The van der Waals surface area contributed by atoms with Gasteiger partial charge in [0, 0.05) is 0 Å². The van der Waals surface area contributed by atoms with E-state index < -0.39 is 45.7 Å². The molecular weight excluding hydrogens is 303 g/mol. The molecule has 0 unspecified atom stereocenters. The van der Waals surface area contributed by atoms with Crippen LogP contribution in [0.15, 0.2) is 23.1 Å². The Morgan fingerprint density at radius 1 is 1.35 bits per heavy atom. The molecule has 0 bridgehead atoms. The van der Waals surface area contributed by atoms with Crippen LogP contribution in [-0.2, 0) is 10.0 Å². The van der Waals surface area contributed by atoms with Crippen LogP contribution in [0.2, 0.25) is 0 Å². The second kappa shape index (κ2) is 5.67. The predicted molar refractivity (Wildman–Crippen MR) is 60.9 cm³/mol. The number of sulfonamides is 1. The maximum absolute atomic E-state index is 11.9. The second-order valence-electron chi connectivity index (χ2n) is 3.72. The Balaban J connectivity index is 3.00. The molecule has 6 nitrogen and oxygen atoms in total. The van der Waals surface area contributed by atoms with Crippen molar-refractivity contribution in [1.82, 2.24) is 0 Å². The normalized spacial score (nSPS) is 12.2. The molecule has 0 aliphatic rings.